The lowest BCUT2D eigenvalue weighted by Crippen LogP contribution is -2.22. The van der Waals surface area contributed by atoms with Crippen LogP contribution in [0.3, 0.4) is 0 Å². The summed E-state index contributed by atoms with van der Waals surface area (Å²) in [5, 5.41) is 10.3. The molecule has 1 saturated heterocycles. The molecule has 1 aromatic heterocycles. The van der Waals surface area contributed by atoms with E-state index >= 15 is 0 Å². The Morgan fingerprint density at radius 1 is 1.24 bits per heavy atom. The van der Waals surface area contributed by atoms with E-state index in [2.05, 4.69) is 0 Å². The van der Waals surface area contributed by atoms with Crippen LogP contribution in [0.15, 0.2) is 45.7 Å². The molecule has 0 radical (unpaired) electrons. The number of likely N-dealkylation sites (N-methyl/N-ethyl adjacent to an activating group) is 1. The van der Waals surface area contributed by atoms with Crippen molar-refractivity contribution in [3.05, 3.63) is 58.4 Å². The summed E-state index contributed by atoms with van der Waals surface area (Å²) in [4.78, 5) is 35.4. The van der Waals surface area contributed by atoms with Gasteiger partial charge in [0.25, 0.3) is 11.1 Å². The summed E-state index contributed by atoms with van der Waals surface area (Å²) in [5.41, 5.74) is 0.753. The topological polar surface area (TPSA) is 99.9 Å². The summed E-state index contributed by atoms with van der Waals surface area (Å²) >= 11 is 0.895. The van der Waals surface area contributed by atoms with Crippen molar-refractivity contribution in [3.63, 3.8) is 0 Å². The number of carboxylic acids is 1. The van der Waals surface area contributed by atoms with Gasteiger partial charge in [-0.15, -0.1) is 0 Å². The molecule has 25 heavy (non-hydrogen) atoms. The Bertz CT molecular complexity index is 868. The molecule has 0 aliphatic carbocycles. The first-order valence-corrected chi connectivity index (χ1v) is 8.00. The molecular weight excluding hydrogens is 346 g/mol. The Kier molecular flexibility index (Phi) is 4.62. The number of hydrogen-bond donors (Lipinski definition) is 0. The Labute approximate surface area is 146 Å². The lowest BCUT2D eigenvalue weighted by Gasteiger charge is -2.05. The molecule has 3 rings (SSSR count). The van der Waals surface area contributed by atoms with E-state index in [-0.39, 0.29) is 23.5 Å². The van der Waals surface area contributed by atoms with Crippen LogP contribution in [0.25, 0.3) is 6.08 Å². The first-order chi connectivity index (χ1) is 11.9. The average Bonchev–Trinajstić information content (AvgIpc) is 3.16. The number of thioether (sulfide) groups is 1. The van der Waals surface area contributed by atoms with E-state index < -0.39 is 5.97 Å². The third-order valence-electron chi connectivity index (χ3n) is 3.41. The SMILES string of the molecule is CN1C(=O)S/C(=C/c2ccc(OCc3ccc(C(=O)[O-])o3)cc2)C1=O. The van der Waals surface area contributed by atoms with Crippen LogP contribution in [0.4, 0.5) is 4.79 Å². The quantitative estimate of drug-likeness (QED) is 0.752. The summed E-state index contributed by atoms with van der Waals surface area (Å²) in [6.45, 7) is 0.0708. The molecule has 2 heterocycles. The minimum Gasteiger partial charge on any atom is -0.542 e. The van der Waals surface area contributed by atoms with Crippen LogP contribution in [-0.2, 0) is 11.4 Å². The van der Waals surface area contributed by atoms with Gasteiger partial charge in [-0.3, -0.25) is 14.5 Å². The van der Waals surface area contributed by atoms with Crippen LogP contribution in [0.5, 0.6) is 5.75 Å². The van der Waals surface area contributed by atoms with E-state index in [1.54, 1.807) is 30.3 Å². The van der Waals surface area contributed by atoms with Gasteiger partial charge >= 0.3 is 0 Å². The molecule has 128 valence electrons. The van der Waals surface area contributed by atoms with Crippen molar-refractivity contribution in [2.24, 2.45) is 0 Å². The summed E-state index contributed by atoms with van der Waals surface area (Å²) in [7, 11) is 1.44. The van der Waals surface area contributed by atoms with Crippen LogP contribution in [0.2, 0.25) is 0 Å². The molecule has 0 spiro atoms. The van der Waals surface area contributed by atoms with Gasteiger partial charge in [-0.1, -0.05) is 12.1 Å². The average molecular weight is 358 g/mol. The van der Waals surface area contributed by atoms with Gasteiger partial charge in [-0.25, -0.2) is 0 Å². The molecule has 0 bridgehead atoms. The summed E-state index contributed by atoms with van der Waals surface area (Å²) < 4.78 is 10.5. The van der Waals surface area contributed by atoms with Gasteiger partial charge in [0.2, 0.25) is 0 Å². The van der Waals surface area contributed by atoms with Crippen molar-refractivity contribution in [2.75, 3.05) is 7.05 Å². The van der Waals surface area contributed by atoms with Crippen molar-refractivity contribution >= 4 is 35.0 Å². The summed E-state index contributed by atoms with van der Waals surface area (Å²) in [5.74, 6) is -1.05. The van der Waals surface area contributed by atoms with E-state index in [1.807, 2.05) is 0 Å². The minimum absolute atomic E-state index is 0.0708. The molecule has 0 atom stereocenters. The van der Waals surface area contributed by atoms with E-state index in [4.69, 9.17) is 9.15 Å². The minimum atomic E-state index is -1.38. The number of amides is 2. The lowest BCUT2D eigenvalue weighted by molar-refractivity contribution is -0.257. The summed E-state index contributed by atoms with van der Waals surface area (Å²) in [6, 6.07) is 9.69. The highest BCUT2D eigenvalue weighted by Gasteiger charge is 2.31. The van der Waals surface area contributed by atoms with Crippen LogP contribution in [0, 0.1) is 0 Å². The number of imide groups is 1. The van der Waals surface area contributed by atoms with Gasteiger partial charge in [0.05, 0.1) is 4.91 Å². The third-order valence-corrected chi connectivity index (χ3v) is 4.37. The monoisotopic (exact) mass is 358 g/mol. The molecule has 2 aromatic rings. The van der Waals surface area contributed by atoms with Crippen LogP contribution >= 0.6 is 11.8 Å². The highest BCUT2D eigenvalue weighted by molar-refractivity contribution is 8.18. The van der Waals surface area contributed by atoms with Crippen LogP contribution in [0.1, 0.15) is 21.9 Å². The Balaban J connectivity index is 1.63. The van der Waals surface area contributed by atoms with Crippen molar-refractivity contribution in [2.45, 2.75) is 6.61 Å². The number of nitrogens with zero attached hydrogens (tertiary/aromatic N) is 1. The maximum absolute atomic E-state index is 11.8. The van der Waals surface area contributed by atoms with Gasteiger partial charge in [-0.05, 0) is 47.7 Å². The Morgan fingerprint density at radius 3 is 2.52 bits per heavy atom. The zero-order chi connectivity index (χ0) is 18.0. The molecule has 0 saturated carbocycles. The molecule has 8 heteroatoms. The maximum Gasteiger partial charge on any atom is 0.293 e. The molecular formula is C17H12NO6S-. The van der Waals surface area contributed by atoms with Crippen molar-refractivity contribution in [1.82, 2.24) is 4.90 Å². The first kappa shape index (κ1) is 16.8. The number of rotatable bonds is 5. The largest absolute Gasteiger partial charge is 0.542 e. The number of aromatic carboxylic acids is 1. The predicted octanol–water partition coefficient (Wildman–Crippen LogP) is 1.89. The number of benzene rings is 1. The fraction of sp³-hybridized carbons (Fsp3) is 0.118. The van der Waals surface area contributed by atoms with Crippen molar-refractivity contribution in [3.8, 4) is 5.75 Å². The molecule has 1 fully saturated rings. The molecule has 1 aliphatic rings. The number of hydrogen-bond acceptors (Lipinski definition) is 7. The van der Waals surface area contributed by atoms with Crippen molar-refractivity contribution < 1.29 is 28.6 Å². The number of carbonyl (C=O) groups excluding carboxylic acids is 3. The van der Waals surface area contributed by atoms with Gasteiger partial charge in [0.1, 0.15) is 29.8 Å². The highest BCUT2D eigenvalue weighted by atomic mass is 32.2. The Morgan fingerprint density at radius 2 is 1.96 bits per heavy atom. The first-order valence-electron chi connectivity index (χ1n) is 7.18. The normalized spacial score (nSPS) is 15.9. The molecule has 2 amide bonds. The second-order valence-corrected chi connectivity index (χ2v) is 6.15. The zero-order valence-corrected chi connectivity index (χ0v) is 13.9. The van der Waals surface area contributed by atoms with E-state index in [0.29, 0.717) is 16.4 Å². The number of ether oxygens (including phenoxy) is 1. The van der Waals surface area contributed by atoms with E-state index in [1.165, 1.54) is 19.2 Å². The third kappa shape index (κ3) is 3.74. The lowest BCUT2D eigenvalue weighted by atomic mass is 10.2. The number of furan rings is 1. The molecule has 0 N–H and O–H groups in total. The van der Waals surface area contributed by atoms with Crippen molar-refractivity contribution in [1.29, 1.82) is 0 Å². The van der Waals surface area contributed by atoms with Gasteiger partial charge in [-0.2, -0.15) is 0 Å². The summed E-state index contributed by atoms with van der Waals surface area (Å²) in [6.07, 6.45) is 1.64. The van der Waals surface area contributed by atoms with Crippen LogP contribution < -0.4 is 9.84 Å². The van der Waals surface area contributed by atoms with Gasteiger partial charge in [0, 0.05) is 7.05 Å². The second-order valence-electron chi connectivity index (χ2n) is 5.15. The number of carboxylic acid groups (broad SMARTS) is 1. The predicted molar refractivity (Wildman–Crippen MR) is 87.5 cm³/mol. The highest BCUT2D eigenvalue weighted by Crippen LogP contribution is 2.31. The Hall–Kier alpha value is -3.00. The number of carbonyl (C=O) groups is 3. The maximum atomic E-state index is 11.8. The molecule has 1 aliphatic heterocycles. The smallest absolute Gasteiger partial charge is 0.293 e. The van der Waals surface area contributed by atoms with Crippen LogP contribution in [-0.4, -0.2) is 29.1 Å². The van der Waals surface area contributed by atoms with Gasteiger partial charge < -0.3 is 19.1 Å². The molecule has 1 aromatic carbocycles. The fourth-order valence-electron chi connectivity index (χ4n) is 2.08. The standard InChI is InChI=1S/C17H13NO6S/c1-18-15(19)14(25-17(18)22)8-10-2-4-11(5-3-10)23-9-12-6-7-13(24-12)16(20)21/h2-8H,9H2,1H3,(H,20,21)/p-1/b14-8+. The van der Waals surface area contributed by atoms with E-state index in [9.17, 15) is 19.5 Å². The zero-order valence-electron chi connectivity index (χ0n) is 13.1. The molecule has 0 unspecified atom stereocenters. The fourth-order valence-corrected chi connectivity index (χ4v) is 2.90. The van der Waals surface area contributed by atoms with Gasteiger partial charge in [0.15, 0.2) is 0 Å². The second kappa shape index (κ2) is 6.86. The molecule has 7 nitrogen and oxygen atoms in total. The van der Waals surface area contributed by atoms with E-state index in [0.717, 1.165) is 22.2 Å².